The van der Waals surface area contributed by atoms with Crippen LogP contribution in [0, 0.1) is 5.82 Å². The molecule has 2 heterocycles. The van der Waals surface area contributed by atoms with E-state index in [1.807, 2.05) is 10.6 Å². The number of rotatable bonds is 1. The van der Waals surface area contributed by atoms with Crippen LogP contribution in [0.3, 0.4) is 0 Å². The highest BCUT2D eigenvalue weighted by Gasteiger charge is 2.40. The standard InChI is InChI=1S/C17H17FN2O/c18-14-5-2-1-4-11(14)12-6-7-16-13-10-15(13)19-8-3-9-20(16)17(12)21/h1-2,4-7,13,15,19H,3,8-10H2. The molecule has 1 N–H and O–H groups in total. The average Bonchev–Trinajstić information content (AvgIpc) is 3.22. The van der Waals surface area contributed by atoms with Crippen molar-refractivity contribution < 1.29 is 4.39 Å². The second-order valence-corrected chi connectivity index (χ2v) is 5.86. The van der Waals surface area contributed by atoms with E-state index in [1.165, 1.54) is 6.07 Å². The Labute approximate surface area is 122 Å². The van der Waals surface area contributed by atoms with Gasteiger partial charge >= 0.3 is 0 Å². The normalized spacial score (nSPS) is 23.7. The van der Waals surface area contributed by atoms with Gasteiger partial charge < -0.3 is 9.88 Å². The van der Waals surface area contributed by atoms with E-state index in [0.717, 1.165) is 25.1 Å². The van der Waals surface area contributed by atoms with Gasteiger partial charge in [-0.3, -0.25) is 4.79 Å². The van der Waals surface area contributed by atoms with Crippen molar-refractivity contribution in [1.29, 1.82) is 0 Å². The zero-order valence-electron chi connectivity index (χ0n) is 11.7. The van der Waals surface area contributed by atoms with E-state index in [0.29, 0.717) is 29.6 Å². The Bertz CT molecular complexity index is 753. The summed E-state index contributed by atoms with van der Waals surface area (Å²) >= 11 is 0. The minimum atomic E-state index is -0.341. The first-order valence-electron chi connectivity index (χ1n) is 7.48. The highest BCUT2D eigenvalue weighted by Crippen LogP contribution is 2.41. The van der Waals surface area contributed by atoms with Crippen LogP contribution in [0.15, 0.2) is 41.2 Å². The molecule has 0 spiro atoms. The molecular formula is C17H17FN2O. The van der Waals surface area contributed by atoms with Gasteiger partial charge in [-0.1, -0.05) is 18.2 Å². The number of aromatic nitrogens is 1. The maximum atomic E-state index is 14.0. The molecule has 2 aromatic rings. The first-order valence-corrected chi connectivity index (χ1v) is 7.48. The van der Waals surface area contributed by atoms with Crippen LogP contribution in [0.25, 0.3) is 11.1 Å². The topological polar surface area (TPSA) is 34.0 Å². The minimum Gasteiger partial charge on any atom is -0.313 e. The number of pyridine rings is 1. The quantitative estimate of drug-likeness (QED) is 0.873. The maximum absolute atomic E-state index is 14.0. The smallest absolute Gasteiger partial charge is 0.258 e. The van der Waals surface area contributed by atoms with Crippen LogP contribution >= 0.6 is 0 Å². The van der Waals surface area contributed by atoms with Crippen molar-refractivity contribution in [2.75, 3.05) is 6.54 Å². The lowest BCUT2D eigenvalue weighted by molar-refractivity contribution is 0.523. The van der Waals surface area contributed by atoms with E-state index in [1.54, 1.807) is 24.3 Å². The molecule has 3 nitrogen and oxygen atoms in total. The van der Waals surface area contributed by atoms with Crippen LogP contribution in [0.2, 0.25) is 0 Å². The second-order valence-electron chi connectivity index (χ2n) is 5.86. The third kappa shape index (κ3) is 2.10. The third-order valence-electron chi connectivity index (χ3n) is 4.51. The molecule has 1 aromatic heterocycles. The maximum Gasteiger partial charge on any atom is 0.258 e. The van der Waals surface area contributed by atoms with Gasteiger partial charge in [-0.05, 0) is 37.6 Å². The summed E-state index contributed by atoms with van der Waals surface area (Å²) in [4.78, 5) is 12.8. The van der Waals surface area contributed by atoms with Gasteiger partial charge in [-0.2, -0.15) is 0 Å². The summed E-state index contributed by atoms with van der Waals surface area (Å²) < 4.78 is 15.8. The number of benzene rings is 1. The van der Waals surface area contributed by atoms with Gasteiger partial charge in [0.05, 0.1) is 5.56 Å². The van der Waals surface area contributed by atoms with Gasteiger partial charge in [0.25, 0.3) is 5.56 Å². The van der Waals surface area contributed by atoms with Gasteiger partial charge in [-0.15, -0.1) is 0 Å². The first-order chi connectivity index (χ1) is 10.3. The molecule has 0 bridgehead atoms. The van der Waals surface area contributed by atoms with Gasteiger partial charge in [-0.25, -0.2) is 4.39 Å². The zero-order valence-corrected chi connectivity index (χ0v) is 11.7. The number of nitrogens with zero attached hydrogens (tertiary/aromatic N) is 1. The Morgan fingerprint density at radius 1 is 1.14 bits per heavy atom. The molecule has 2 aliphatic rings. The van der Waals surface area contributed by atoms with Crippen molar-refractivity contribution in [1.82, 2.24) is 9.88 Å². The summed E-state index contributed by atoms with van der Waals surface area (Å²) in [5.41, 5.74) is 1.88. The molecule has 21 heavy (non-hydrogen) atoms. The van der Waals surface area contributed by atoms with E-state index >= 15 is 0 Å². The molecule has 0 radical (unpaired) electrons. The van der Waals surface area contributed by atoms with Crippen molar-refractivity contribution >= 4 is 0 Å². The highest BCUT2D eigenvalue weighted by atomic mass is 19.1. The lowest BCUT2D eigenvalue weighted by atomic mass is 10.0. The molecule has 0 amide bonds. The molecular weight excluding hydrogens is 267 g/mol. The molecule has 4 heteroatoms. The van der Waals surface area contributed by atoms with E-state index in [-0.39, 0.29) is 11.4 Å². The molecule has 1 aromatic carbocycles. The summed E-state index contributed by atoms with van der Waals surface area (Å²) in [6, 6.07) is 10.8. The highest BCUT2D eigenvalue weighted by molar-refractivity contribution is 5.63. The van der Waals surface area contributed by atoms with Crippen LogP contribution in [0.5, 0.6) is 0 Å². The Hall–Kier alpha value is -1.94. The third-order valence-corrected chi connectivity index (χ3v) is 4.51. The molecule has 1 aliphatic carbocycles. The number of nitrogens with one attached hydrogen (secondary N) is 1. The molecule has 1 aliphatic heterocycles. The summed E-state index contributed by atoms with van der Waals surface area (Å²) in [6.45, 7) is 1.64. The lowest BCUT2D eigenvalue weighted by Gasteiger charge is -2.18. The van der Waals surface area contributed by atoms with Crippen molar-refractivity contribution in [3.05, 3.63) is 58.3 Å². The summed E-state index contributed by atoms with van der Waals surface area (Å²) in [5, 5.41) is 3.50. The van der Waals surface area contributed by atoms with E-state index < -0.39 is 0 Å². The SMILES string of the molecule is O=c1c(-c2ccccc2F)ccc2n1CCCNC1CC21. The molecule has 108 valence electrons. The number of halogens is 1. The largest absolute Gasteiger partial charge is 0.313 e. The van der Waals surface area contributed by atoms with Crippen LogP contribution in [0.1, 0.15) is 24.5 Å². The Morgan fingerprint density at radius 3 is 2.86 bits per heavy atom. The van der Waals surface area contributed by atoms with Crippen LogP contribution in [0.4, 0.5) is 4.39 Å². The number of hydrogen-bond donors (Lipinski definition) is 1. The van der Waals surface area contributed by atoms with Gasteiger partial charge in [0.1, 0.15) is 5.82 Å². The Kier molecular flexibility index (Phi) is 2.93. The van der Waals surface area contributed by atoms with Crippen molar-refractivity contribution in [3.8, 4) is 11.1 Å². The predicted octanol–water partition coefficient (Wildman–Crippen LogP) is 2.50. The van der Waals surface area contributed by atoms with Gasteiger partial charge in [0.15, 0.2) is 0 Å². The van der Waals surface area contributed by atoms with Crippen LogP contribution in [-0.2, 0) is 6.54 Å². The molecule has 1 saturated carbocycles. The fraction of sp³-hybridized carbons (Fsp3) is 0.353. The summed E-state index contributed by atoms with van der Waals surface area (Å²) in [5.74, 6) is 0.0969. The molecule has 4 rings (SSSR count). The molecule has 2 atom stereocenters. The van der Waals surface area contributed by atoms with Crippen molar-refractivity contribution in [3.63, 3.8) is 0 Å². The summed E-state index contributed by atoms with van der Waals surface area (Å²) in [6.07, 6.45) is 2.02. The first kappa shape index (κ1) is 12.8. The lowest BCUT2D eigenvalue weighted by Crippen LogP contribution is -2.30. The zero-order chi connectivity index (χ0) is 14.4. The van der Waals surface area contributed by atoms with Gasteiger partial charge in [0.2, 0.25) is 0 Å². The Morgan fingerprint density at radius 2 is 2.00 bits per heavy atom. The predicted molar refractivity (Wildman–Crippen MR) is 79.9 cm³/mol. The molecule has 2 unspecified atom stereocenters. The van der Waals surface area contributed by atoms with Crippen LogP contribution in [-0.4, -0.2) is 17.2 Å². The number of hydrogen-bond acceptors (Lipinski definition) is 2. The minimum absolute atomic E-state index is 0.0647. The monoisotopic (exact) mass is 284 g/mol. The van der Waals surface area contributed by atoms with E-state index in [2.05, 4.69) is 5.32 Å². The van der Waals surface area contributed by atoms with Gasteiger partial charge in [0, 0.05) is 29.8 Å². The fourth-order valence-electron chi connectivity index (χ4n) is 3.30. The molecule has 1 fully saturated rings. The summed E-state index contributed by atoms with van der Waals surface area (Å²) in [7, 11) is 0. The van der Waals surface area contributed by atoms with Crippen molar-refractivity contribution in [2.24, 2.45) is 0 Å². The van der Waals surface area contributed by atoms with E-state index in [9.17, 15) is 9.18 Å². The number of fused-ring (bicyclic) bond motifs is 3. The van der Waals surface area contributed by atoms with E-state index in [4.69, 9.17) is 0 Å². The average molecular weight is 284 g/mol. The van der Waals surface area contributed by atoms with Crippen LogP contribution < -0.4 is 10.9 Å². The van der Waals surface area contributed by atoms with Crippen molar-refractivity contribution in [2.45, 2.75) is 31.3 Å². The molecule has 0 saturated heterocycles. The Balaban J connectivity index is 1.87. The fourth-order valence-corrected chi connectivity index (χ4v) is 3.30. The second kappa shape index (κ2) is 4.81.